The van der Waals surface area contributed by atoms with E-state index in [1.165, 1.54) is 0 Å². The highest BCUT2D eigenvalue weighted by Gasteiger charge is 2.02. The van der Waals surface area contributed by atoms with Crippen molar-refractivity contribution < 1.29 is 4.79 Å². The minimum absolute atomic E-state index is 0.428. The summed E-state index contributed by atoms with van der Waals surface area (Å²) in [6.07, 6.45) is 6.55. The van der Waals surface area contributed by atoms with Gasteiger partial charge >= 0.3 is 0 Å². The topological polar surface area (TPSA) is 67.5 Å². The van der Waals surface area contributed by atoms with E-state index in [9.17, 15) is 4.79 Å². The van der Waals surface area contributed by atoms with Crippen molar-refractivity contribution in [3.8, 4) is 0 Å². The zero-order valence-electron chi connectivity index (χ0n) is 15.7. The number of carbonyl (C=O) groups excluding carboxylic acids is 1. The highest BCUT2D eigenvalue weighted by molar-refractivity contribution is 5.96. The smallest absolute Gasteiger partial charge is 0.248 e. The Labute approximate surface area is 151 Å². The summed E-state index contributed by atoms with van der Waals surface area (Å²) in [6.45, 7) is 13.2. The van der Waals surface area contributed by atoms with Crippen molar-refractivity contribution in [1.29, 1.82) is 0 Å². The van der Waals surface area contributed by atoms with E-state index in [0.29, 0.717) is 11.5 Å². The SMILES string of the molecule is C=C(\C=C/C(CC)=N\C=C(/C)c1cccc(C(N)=O)c1)NCC(C)C. The lowest BCUT2D eigenvalue weighted by atomic mass is 10.1. The lowest BCUT2D eigenvalue weighted by molar-refractivity contribution is 0.100. The Morgan fingerprint density at radius 3 is 2.60 bits per heavy atom. The second-order valence-corrected chi connectivity index (χ2v) is 6.36. The molecule has 134 valence electrons. The van der Waals surface area contributed by atoms with Crippen molar-refractivity contribution in [2.75, 3.05) is 6.54 Å². The molecule has 0 saturated carbocycles. The van der Waals surface area contributed by atoms with Crippen LogP contribution < -0.4 is 11.1 Å². The van der Waals surface area contributed by atoms with Gasteiger partial charge < -0.3 is 11.1 Å². The summed E-state index contributed by atoms with van der Waals surface area (Å²) in [5, 5.41) is 3.27. The summed E-state index contributed by atoms with van der Waals surface area (Å²) in [6, 6.07) is 7.25. The molecule has 1 amide bonds. The Hall–Kier alpha value is -2.62. The molecule has 0 spiro atoms. The second kappa shape index (κ2) is 10.3. The van der Waals surface area contributed by atoms with Crippen LogP contribution in [0.25, 0.3) is 5.57 Å². The molecule has 3 N–H and O–H groups in total. The Morgan fingerprint density at radius 2 is 2.00 bits per heavy atom. The molecule has 0 radical (unpaired) electrons. The fourth-order valence-corrected chi connectivity index (χ4v) is 2.02. The Kier molecular flexibility index (Phi) is 8.40. The molecule has 1 rings (SSSR count). The van der Waals surface area contributed by atoms with Crippen molar-refractivity contribution in [3.05, 3.63) is 66.0 Å². The van der Waals surface area contributed by atoms with E-state index in [-0.39, 0.29) is 0 Å². The number of nitrogens with one attached hydrogen (secondary N) is 1. The molecule has 0 bridgehead atoms. The molecular weight excluding hydrogens is 310 g/mol. The number of benzene rings is 1. The maximum atomic E-state index is 11.3. The molecule has 0 aliphatic heterocycles. The maximum Gasteiger partial charge on any atom is 0.248 e. The number of amides is 1. The molecule has 0 heterocycles. The molecule has 0 unspecified atom stereocenters. The summed E-state index contributed by atoms with van der Waals surface area (Å²) >= 11 is 0. The first-order chi connectivity index (χ1) is 11.8. The summed E-state index contributed by atoms with van der Waals surface area (Å²) in [5.74, 6) is 0.147. The fraction of sp³-hybridized carbons (Fsp3) is 0.333. The van der Waals surface area contributed by atoms with Gasteiger partial charge in [0.05, 0.1) is 0 Å². The lowest BCUT2D eigenvalue weighted by Gasteiger charge is -2.08. The predicted molar refractivity (Wildman–Crippen MR) is 107 cm³/mol. The standard InChI is InChI=1S/C21H29N3O/c1-6-20(11-10-17(5)23-13-15(2)3)24-14-16(4)18-8-7-9-19(12-18)21(22)25/h7-12,14-15,23H,5-6,13H2,1-4H3,(H2,22,25)/b11-10-,16-14+,24-20-. The summed E-state index contributed by atoms with van der Waals surface area (Å²) in [4.78, 5) is 15.8. The maximum absolute atomic E-state index is 11.3. The minimum atomic E-state index is -0.428. The van der Waals surface area contributed by atoms with Gasteiger partial charge in [0, 0.05) is 29.7 Å². The van der Waals surface area contributed by atoms with E-state index in [0.717, 1.165) is 35.5 Å². The van der Waals surface area contributed by atoms with Crippen LogP contribution in [0.4, 0.5) is 0 Å². The van der Waals surface area contributed by atoms with E-state index < -0.39 is 5.91 Å². The van der Waals surface area contributed by atoms with Gasteiger partial charge in [0.1, 0.15) is 0 Å². The van der Waals surface area contributed by atoms with Gasteiger partial charge in [0.15, 0.2) is 0 Å². The van der Waals surface area contributed by atoms with E-state index in [4.69, 9.17) is 5.73 Å². The van der Waals surface area contributed by atoms with Gasteiger partial charge in [-0.3, -0.25) is 9.79 Å². The summed E-state index contributed by atoms with van der Waals surface area (Å²) in [7, 11) is 0. The number of hydrogen-bond acceptors (Lipinski definition) is 3. The number of hydrogen-bond donors (Lipinski definition) is 2. The van der Waals surface area contributed by atoms with Gasteiger partial charge in [-0.2, -0.15) is 0 Å². The largest absolute Gasteiger partial charge is 0.385 e. The van der Waals surface area contributed by atoms with Gasteiger partial charge in [-0.1, -0.05) is 39.5 Å². The molecule has 1 aromatic rings. The Balaban J connectivity index is 2.84. The average molecular weight is 339 g/mol. The van der Waals surface area contributed by atoms with Crippen LogP contribution in [0, 0.1) is 5.92 Å². The van der Waals surface area contributed by atoms with Crippen LogP contribution in [-0.2, 0) is 0 Å². The summed E-state index contributed by atoms with van der Waals surface area (Å²) in [5.41, 5.74) is 9.57. The Morgan fingerprint density at radius 1 is 1.32 bits per heavy atom. The zero-order valence-corrected chi connectivity index (χ0v) is 15.7. The average Bonchev–Trinajstić information content (AvgIpc) is 2.59. The number of primary amides is 1. The van der Waals surface area contributed by atoms with E-state index in [2.05, 4.69) is 37.7 Å². The van der Waals surface area contributed by atoms with Crippen molar-refractivity contribution in [3.63, 3.8) is 0 Å². The van der Waals surface area contributed by atoms with Crippen LogP contribution in [0.5, 0.6) is 0 Å². The third kappa shape index (κ3) is 7.66. The molecule has 0 aliphatic rings. The van der Waals surface area contributed by atoms with Gasteiger partial charge in [-0.15, -0.1) is 0 Å². The number of rotatable bonds is 9. The quantitative estimate of drug-likeness (QED) is 0.520. The van der Waals surface area contributed by atoms with Gasteiger partial charge in [0.25, 0.3) is 0 Å². The van der Waals surface area contributed by atoms with E-state index in [1.54, 1.807) is 12.1 Å². The van der Waals surface area contributed by atoms with E-state index >= 15 is 0 Å². The van der Waals surface area contributed by atoms with Gasteiger partial charge in [0.2, 0.25) is 5.91 Å². The second-order valence-electron chi connectivity index (χ2n) is 6.36. The van der Waals surface area contributed by atoms with Crippen molar-refractivity contribution in [2.24, 2.45) is 16.6 Å². The molecule has 4 heteroatoms. The fourth-order valence-electron chi connectivity index (χ4n) is 2.02. The van der Waals surface area contributed by atoms with Crippen LogP contribution in [0.1, 0.15) is 50.0 Å². The van der Waals surface area contributed by atoms with Crippen LogP contribution >= 0.6 is 0 Å². The zero-order chi connectivity index (χ0) is 18.8. The lowest BCUT2D eigenvalue weighted by Crippen LogP contribution is -2.17. The molecule has 0 saturated heterocycles. The van der Waals surface area contributed by atoms with Gasteiger partial charge in [-0.25, -0.2) is 0 Å². The molecule has 4 nitrogen and oxygen atoms in total. The molecule has 1 aromatic carbocycles. The molecule has 0 fully saturated rings. The number of allylic oxidation sites excluding steroid dienone is 3. The first-order valence-electron chi connectivity index (χ1n) is 8.58. The Bertz CT molecular complexity index is 697. The molecular formula is C21H29N3O. The van der Waals surface area contributed by atoms with Crippen molar-refractivity contribution in [2.45, 2.75) is 34.1 Å². The monoisotopic (exact) mass is 339 g/mol. The van der Waals surface area contributed by atoms with Crippen LogP contribution in [0.15, 0.2) is 59.9 Å². The summed E-state index contributed by atoms with van der Waals surface area (Å²) < 4.78 is 0. The molecule has 0 aliphatic carbocycles. The predicted octanol–water partition coefficient (Wildman–Crippen LogP) is 4.31. The number of aliphatic imine (C=N–C) groups is 1. The van der Waals surface area contributed by atoms with Crippen LogP contribution in [0.3, 0.4) is 0 Å². The first kappa shape index (κ1) is 20.4. The van der Waals surface area contributed by atoms with Crippen molar-refractivity contribution >= 4 is 17.2 Å². The normalized spacial score (nSPS) is 12.7. The number of nitrogens with zero attached hydrogens (tertiary/aromatic N) is 1. The van der Waals surface area contributed by atoms with Crippen molar-refractivity contribution in [1.82, 2.24) is 5.32 Å². The third-order valence-corrected chi connectivity index (χ3v) is 3.60. The molecule has 0 atom stereocenters. The van der Waals surface area contributed by atoms with Gasteiger partial charge in [-0.05, 0) is 54.7 Å². The van der Waals surface area contributed by atoms with Crippen LogP contribution in [-0.4, -0.2) is 18.2 Å². The first-order valence-corrected chi connectivity index (χ1v) is 8.58. The highest BCUT2D eigenvalue weighted by atomic mass is 16.1. The van der Waals surface area contributed by atoms with Crippen LogP contribution in [0.2, 0.25) is 0 Å². The minimum Gasteiger partial charge on any atom is -0.385 e. The highest BCUT2D eigenvalue weighted by Crippen LogP contribution is 2.15. The molecule has 0 aromatic heterocycles. The third-order valence-electron chi connectivity index (χ3n) is 3.60. The number of nitrogens with two attached hydrogens (primary N) is 1. The van der Waals surface area contributed by atoms with E-state index in [1.807, 2.05) is 37.4 Å². The number of carbonyl (C=O) groups is 1. The molecule has 25 heavy (non-hydrogen) atoms.